The first-order chi connectivity index (χ1) is 12.8. The second kappa shape index (κ2) is 12.6. The normalized spacial score (nSPS) is 11.2. The van der Waals surface area contributed by atoms with E-state index in [-0.39, 0.29) is 0 Å². The maximum absolute atomic E-state index is 5.73. The Bertz CT molecular complexity index is 670. The summed E-state index contributed by atoms with van der Waals surface area (Å²) in [4.78, 5) is 8.85. The average Bonchev–Trinajstić information content (AvgIpc) is 2.66. The molecule has 1 aromatic carbocycles. The van der Waals surface area contributed by atoms with Crippen LogP contribution in [-0.2, 0) is 6.54 Å². The summed E-state index contributed by atoms with van der Waals surface area (Å²) in [6.07, 6.45) is 1.79. The summed E-state index contributed by atoms with van der Waals surface area (Å²) in [5.41, 5.74) is 0.962. The summed E-state index contributed by atoms with van der Waals surface area (Å²) in [5, 5.41) is 6.60. The predicted octanol–water partition coefficient (Wildman–Crippen LogP) is 3.71. The predicted molar refractivity (Wildman–Crippen MR) is 114 cm³/mol. The molecule has 0 saturated heterocycles. The van der Waals surface area contributed by atoms with Gasteiger partial charge >= 0.3 is 0 Å². The summed E-state index contributed by atoms with van der Waals surface area (Å²) < 4.78 is 6.76. The fraction of sp³-hybridized carbons (Fsp3) is 0.368. The molecule has 5 nitrogen and oxygen atoms in total. The van der Waals surface area contributed by atoms with Crippen LogP contribution in [-0.4, -0.2) is 42.1 Å². The molecule has 2 aromatic rings. The molecule has 0 radical (unpaired) electrons. The topological polar surface area (TPSA) is 58.5 Å². The number of pyridine rings is 1. The Morgan fingerprint density at radius 2 is 2.12 bits per heavy atom. The summed E-state index contributed by atoms with van der Waals surface area (Å²) in [6, 6.07) is 13.8. The third-order valence-electron chi connectivity index (χ3n) is 3.30. The highest BCUT2D eigenvalue weighted by atomic mass is 79.9. The van der Waals surface area contributed by atoms with Crippen molar-refractivity contribution in [1.29, 1.82) is 0 Å². The third-order valence-corrected chi connectivity index (χ3v) is 4.74. The lowest BCUT2D eigenvalue weighted by atomic mass is 10.3. The second-order valence-electron chi connectivity index (χ2n) is 5.36. The van der Waals surface area contributed by atoms with E-state index in [1.807, 2.05) is 54.2 Å². The number of rotatable bonds is 10. The molecule has 1 aromatic heterocycles. The highest BCUT2D eigenvalue weighted by Crippen LogP contribution is 2.17. The maximum atomic E-state index is 5.73. The molecule has 0 unspecified atom stereocenters. The molecule has 7 heteroatoms. The van der Waals surface area contributed by atoms with Crippen molar-refractivity contribution in [3.8, 4) is 5.75 Å². The molecule has 0 aliphatic rings. The summed E-state index contributed by atoms with van der Waals surface area (Å²) in [7, 11) is 0. The van der Waals surface area contributed by atoms with Crippen LogP contribution in [0.15, 0.2) is 58.1 Å². The highest BCUT2D eigenvalue weighted by molar-refractivity contribution is 9.10. The van der Waals surface area contributed by atoms with Gasteiger partial charge in [-0.1, -0.05) is 28.1 Å². The zero-order valence-electron chi connectivity index (χ0n) is 15.0. The summed E-state index contributed by atoms with van der Waals surface area (Å²) in [6.45, 7) is 5.03. The first kappa shape index (κ1) is 20.6. The first-order valence-corrected chi connectivity index (χ1v) is 10.6. The van der Waals surface area contributed by atoms with Gasteiger partial charge in [0.1, 0.15) is 5.75 Å². The Morgan fingerprint density at radius 3 is 2.88 bits per heavy atom. The van der Waals surface area contributed by atoms with Crippen molar-refractivity contribution in [2.24, 2.45) is 4.99 Å². The number of guanidine groups is 1. The van der Waals surface area contributed by atoms with E-state index in [0.717, 1.165) is 46.5 Å². The van der Waals surface area contributed by atoms with Gasteiger partial charge in [0.2, 0.25) is 0 Å². The van der Waals surface area contributed by atoms with Crippen LogP contribution in [0.4, 0.5) is 0 Å². The largest absolute Gasteiger partial charge is 0.493 e. The molecule has 0 spiro atoms. The molecular weight excluding hydrogens is 412 g/mol. The zero-order valence-corrected chi connectivity index (χ0v) is 17.4. The molecule has 2 N–H and O–H groups in total. The van der Waals surface area contributed by atoms with Crippen molar-refractivity contribution in [2.45, 2.75) is 13.5 Å². The number of hydrogen-bond donors (Lipinski definition) is 2. The van der Waals surface area contributed by atoms with Crippen LogP contribution in [0.25, 0.3) is 0 Å². The van der Waals surface area contributed by atoms with Gasteiger partial charge < -0.3 is 15.4 Å². The number of halogens is 1. The molecule has 0 fully saturated rings. The minimum atomic E-state index is 0.573. The molecule has 26 heavy (non-hydrogen) atoms. The molecule has 0 amide bonds. The van der Waals surface area contributed by atoms with Crippen molar-refractivity contribution in [2.75, 3.05) is 31.2 Å². The second-order valence-corrected chi connectivity index (χ2v) is 7.50. The number of benzene rings is 1. The van der Waals surface area contributed by atoms with E-state index in [4.69, 9.17) is 4.74 Å². The Hall–Kier alpha value is -1.73. The summed E-state index contributed by atoms with van der Waals surface area (Å²) >= 11 is 5.30. The minimum Gasteiger partial charge on any atom is -0.493 e. The molecule has 140 valence electrons. The van der Waals surface area contributed by atoms with Crippen LogP contribution >= 0.6 is 27.7 Å². The van der Waals surface area contributed by atoms with Crippen LogP contribution in [0.3, 0.4) is 0 Å². The van der Waals surface area contributed by atoms with E-state index in [2.05, 4.69) is 43.5 Å². The van der Waals surface area contributed by atoms with Crippen LogP contribution in [0.5, 0.6) is 5.75 Å². The van der Waals surface area contributed by atoms with E-state index in [9.17, 15) is 0 Å². The quantitative estimate of drug-likeness (QED) is 0.337. The number of aromatic nitrogens is 1. The number of nitrogens with one attached hydrogen (secondary N) is 2. The van der Waals surface area contributed by atoms with Gasteiger partial charge in [-0.25, -0.2) is 4.99 Å². The van der Waals surface area contributed by atoms with Gasteiger partial charge in [-0.2, -0.15) is 11.8 Å². The summed E-state index contributed by atoms with van der Waals surface area (Å²) in [5.74, 6) is 3.67. The lowest BCUT2D eigenvalue weighted by molar-refractivity contribution is 0.344. The van der Waals surface area contributed by atoms with Gasteiger partial charge in [0, 0.05) is 35.3 Å². The maximum Gasteiger partial charge on any atom is 0.191 e. The fourth-order valence-corrected chi connectivity index (χ4v) is 3.14. The molecule has 0 bridgehead atoms. The first-order valence-electron chi connectivity index (χ1n) is 8.66. The molecule has 0 atom stereocenters. The van der Waals surface area contributed by atoms with E-state index >= 15 is 0 Å². The molecule has 0 aliphatic heterocycles. The van der Waals surface area contributed by atoms with Crippen molar-refractivity contribution in [3.05, 3.63) is 58.8 Å². The van der Waals surface area contributed by atoms with E-state index < -0.39 is 0 Å². The Balaban J connectivity index is 1.60. The van der Waals surface area contributed by atoms with Gasteiger partial charge in [-0.05, 0) is 37.3 Å². The monoisotopic (exact) mass is 436 g/mol. The van der Waals surface area contributed by atoms with Gasteiger partial charge in [0.05, 0.1) is 18.8 Å². The van der Waals surface area contributed by atoms with E-state index in [0.29, 0.717) is 13.2 Å². The van der Waals surface area contributed by atoms with Gasteiger partial charge in [0.25, 0.3) is 0 Å². The van der Waals surface area contributed by atoms with Crippen LogP contribution in [0, 0.1) is 0 Å². The van der Waals surface area contributed by atoms with Crippen molar-refractivity contribution < 1.29 is 4.74 Å². The minimum absolute atomic E-state index is 0.573. The Kier molecular flexibility index (Phi) is 9.97. The SMILES string of the molecule is CCNC(=NCc1ccccn1)NCCSCCOc1cccc(Br)c1. The van der Waals surface area contributed by atoms with Crippen LogP contribution < -0.4 is 15.4 Å². The number of thioether (sulfide) groups is 1. The van der Waals surface area contributed by atoms with E-state index in [1.54, 1.807) is 6.20 Å². The third kappa shape index (κ3) is 8.58. The molecule has 0 saturated carbocycles. The number of nitrogens with zero attached hydrogens (tertiary/aromatic N) is 2. The molecular formula is C19H25BrN4OS. The lowest BCUT2D eigenvalue weighted by Crippen LogP contribution is -2.38. The zero-order chi connectivity index (χ0) is 18.5. The van der Waals surface area contributed by atoms with E-state index in [1.165, 1.54) is 0 Å². The fourth-order valence-electron chi connectivity index (χ4n) is 2.11. The Morgan fingerprint density at radius 1 is 1.19 bits per heavy atom. The molecule has 1 heterocycles. The van der Waals surface area contributed by atoms with Crippen molar-refractivity contribution in [1.82, 2.24) is 15.6 Å². The Labute approximate surface area is 168 Å². The average molecular weight is 437 g/mol. The van der Waals surface area contributed by atoms with Crippen molar-refractivity contribution in [3.63, 3.8) is 0 Å². The number of aliphatic imine (C=N–C) groups is 1. The highest BCUT2D eigenvalue weighted by Gasteiger charge is 1.99. The van der Waals surface area contributed by atoms with Gasteiger partial charge in [0.15, 0.2) is 5.96 Å². The van der Waals surface area contributed by atoms with Crippen molar-refractivity contribution >= 4 is 33.7 Å². The number of ether oxygens (including phenoxy) is 1. The molecule has 0 aliphatic carbocycles. The lowest BCUT2D eigenvalue weighted by Gasteiger charge is -2.11. The standard InChI is InChI=1S/C19H25BrN4OS/c1-2-21-19(24-15-17-7-3-4-9-22-17)23-10-12-26-13-11-25-18-8-5-6-16(20)14-18/h3-9,14H,2,10-13,15H2,1H3,(H2,21,23,24). The molecule has 2 rings (SSSR count). The smallest absolute Gasteiger partial charge is 0.191 e. The van der Waals surface area contributed by atoms with Crippen LogP contribution in [0.1, 0.15) is 12.6 Å². The number of hydrogen-bond acceptors (Lipinski definition) is 4. The van der Waals surface area contributed by atoms with Gasteiger partial charge in [-0.15, -0.1) is 0 Å². The van der Waals surface area contributed by atoms with Gasteiger partial charge in [-0.3, -0.25) is 4.98 Å². The van der Waals surface area contributed by atoms with Crippen LogP contribution in [0.2, 0.25) is 0 Å².